The number of benzene rings is 2. The Morgan fingerprint density at radius 3 is 2.59 bits per heavy atom. The second-order valence-corrected chi connectivity index (χ2v) is 9.84. The van der Waals surface area contributed by atoms with Crippen molar-refractivity contribution in [2.24, 2.45) is 5.41 Å². The third-order valence-corrected chi connectivity index (χ3v) is 7.47. The Balaban J connectivity index is 1.33. The van der Waals surface area contributed by atoms with Crippen LogP contribution in [0, 0.1) is 29.8 Å². The van der Waals surface area contributed by atoms with Crippen molar-refractivity contribution in [2.45, 2.75) is 38.7 Å². The minimum Gasteiger partial charge on any atom is -0.497 e. The van der Waals surface area contributed by atoms with Gasteiger partial charge in [-0.15, -0.1) is 0 Å². The summed E-state index contributed by atoms with van der Waals surface area (Å²) in [5.74, 6) is -3.12. The maximum absolute atomic E-state index is 13.8. The first-order valence-corrected chi connectivity index (χ1v) is 12.5. The molecule has 2 aromatic carbocycles. The molecule has 6 nitrogen and oxygen atoms in total. The number of fused-ring (bicyclic) bond motifs is 1. The first-order valence-electron chi connectivity index (χ1n) is 12.5. The fraction of sp³-hybridized carbons (Fsp3) is 0.464. The summed E-state index contributed by atoms with van der Waals surface area (Å²) < 4.78 is 51.1. The highest BCUT2D eigenvalue weighted by atomic mass is 19.2. The predicted molar refractivity (Wildman–Crippen MR) is 134 cm³/mol. The summed E-state index contributed by atoms with van der Waals surface area (Å²) in [6, 6.07) is 6.92. The van der Waals surface area contributed by atoms with Crippen molar-refractivity contribution >= 4 is 10.9 Å². The normalized spacial score (nSPS) is 16.6. The molecule has 3 aromatic rings. The Bertz CT molecular complexity index is 1230. The van der Waals surface area contributed by atoms with Crippen molar-refractivity contribution in [1.29, 1.82) is 0 Å². The van der Waals surface area contributed by atoms with Crippen molar-refractivity contribution in [3.63, 3.8) is 0 Å². The molecule has 0 radical (unpaired) electrons. The van der Waals surface area contributed by atoms with Gasteiger partial charge in [0, 0.05) is 36.9 Å². The maximum Gasteiger partial charge on any atom is 0.200 e. The molecule has 0 bridgehead atoms. The first-order chi connectivity index (χ1) is 17.7. The number of hydrogen-bond acceptors (Lipinski definition) is 6. The number of aliphatic hydroxyl groups is 2. The summed E-state index contributed by atoms with van der Waals surface area (Å²) in [6.45, 7) is 3.87. The molecule has 0 amide bonds. The molecule has 1 aliphatic rings. The first kappa shape index (κ1) is 27.2. The third-order valence-electron chi connectivity index (χ3n) is 7.47. The van der Waals surface area contributed by atoms with E-state index in [4.69, 9.17) is 9.47 Å². The van der Waals surface area contributed by atoms with Crippen molar-refractivity contribution < 1.29 is 32.9 Å². The minimum absolute atomic E-state index is 0.0156. The Labute approximate surface area is 214 Å². The lowest BCUT2D eigenvalue weighted by atomic mass is 9.74. The number of likely N-dealkylation sites (tertiary alicyclic amines) is 1. The molecule has 2 heterocycles. The van der Waals surface area contributed by atoms with Gasteiger partial charge < -0.3 is 19.7 Å². The van der Waals surface area contributed by atoms with Crippen LogP contribution in [0.2, 0.25) is 0 Å². The van der Waals surface area contributed by atoms with Crippen LogP contribution in [0.15, 0.2) is 36.5 Å². The highest BCUT2D eigenvalue weighted by Crippen LogP contribution is 2.39. The second-order valence-electron chi connectivity index (χ2n) is 9.84. The molecule has 1 fully saturated rings. The lowest BCUT2D eigenvalue weighted by molar-refractivity contribution is 0.0203. The van der Waals surface area contributed by atoms with E-state index in [9.17, 15) is 23.4 Å². The summed E-state index contributed by atoms with van der Waals surface area (Å²) in [5, 5.41) is 22.3. The molecule has 1 atom stereocenters. The van der Waals surface area contributed by atoms with E-state index in [-0.39, 0.29) is 18.6 Å². The molecule has 2 N–H and O–H groups in total. The standard InChI is InChI=1S/C28H33F3N2O4/c1-18-16-32-23-4-3-20(36-2)15-21(23)26(18)24(35)5-6-28(17-34)7-9-33(10-8-28)11-12-37-25-14-19(29)13-22(30)27(25)31/h3-4,13-16,24,34-35H,5-12,17H2,1-2H3/t24-/m1/s1. The Morgan fingerprint density at radius 1 is 1.14 bits per heavy atom. The van der Waals surface area contributed by atoms with Crippen LogP contribution in [0.25, 0.3) is 10.9 Å². The lowest BCUT2D eigenvalue weighted by Crippen LogP contribution is -2.43. The van der Waals surface area contributed by atoms with Crippen molar-refractivity contribution in [3.05, 3.63) is 65.1 Å². The third kappa shape index (κ3) is 6.17. The number of methoxy groups -OCH3 is 1. The molecule has 200 valence electrons. The van der Waals surface area contributed by atoms with Gasteiger partial charge in [0.2, 0.25) is 5.82 Å². The van der Waals surface area contributed by atoms with Crippen LogP contribution >= 0.6 is 0 Å². The van der Waals surface area contributed by atoms with Crippen molar-refractivity contribution in [1.82, 2.24) is 9.88 Å². The number of aromatic nitrogens is 1. The number of aliphatic hydroxyl groups excluding tert-OH is 2. The Kier molecular flexibility index (Phi) is 8.56. The SMILES string of the molecule is COc1ccc2ncc(C)c([C@H](O)CCC3(CO)CCN(CCOc4cc(F)cc(F)c4F)CC3)c2c1. The smallest absolute Gasteiger partial charge is 0.200 e. The van der Waals surface area contributed by atoms with Crippen LogP contribution in [-0.2, 0) is 0 Å². The fourth-order valence-corrected chi connectivity index (χ4v) is 5.11. The Morgan fingerprint density at radius 2 is 1.89 bits per heavy atom. The zero-order valence-electron chi connectivity index (χ0n) is 21.1. The van der Waals surface area contributed by atoms with E-state index in [0.29, 0.717) is 44.3 Å². The number of hydrogen-bond donors (Lipinski definition) is 2. The molecular formula is C28H33F3N2O4. The monoisotopic (exact) mass is 518 g/mol. The van der Waals surface area contributed by atoms with Crippen LogP contribution in [0.4, 0.5) is 13.2 Å². The number of aryl methyl sites for hydroxylation is 1. The molecule has 1 aliphatic heterocycles. The Hall–Kier alpha value is -2.88. The maximum atomic E-state index is 13.8. The average Bonchev–Trinajstić information content (AvgIpc) is 2.90. The molecule has 9 heteroatoms. The number of piperidine rings is 1. The summed E-state index contributed by atoms with van der Waals surface area (Å²) in [6.07, 6.45) is 3.64. The number of pyridine rings is 1. The van der Waals surface area contributed by atoms with Gasteiger partial charge in [-0.3, -0.25) is 9.88 Å². The molecule has 0 aliphatic carbocycles. The van der Waals surface area contributed by atoms with Gasteiger partial charge in [0.25, 0.3) is 0 Å². The highest BCUT2D eigenvalue weighted by molar-refractivity contribution is 5.84. The van der Waals surface area contributed by atoms with Crippen LogP contribution in [-0.4, -0.2) is 60.1 Å². The van der Waals surface area contributed by atoms with Gasteiger partial charge in [0.05, 0.1) is 18.7 Å². The number of rotatable bonds is 10. The molecule has 1 aromatic heterocycles. The molecule has 0 unspecified atom stereocenters. The van der Waals surface area contributed by atoms with Gasteiger partial charge in [0.15, 0.2) is 11.6 Å². The van der Waals surface area contributed by atoms with E-state index < -0.39 is 29.3 Å². The van der Waals surface area contributed by atoms with E-state index in [1.54, 1.807) is 13.3 Å². The molecule has 0 spiro atoms. The predicted octanol–water partition coefficient (Wildman–Crippen LogP) is 4.94. The second kappa shape index (κ2) is 11.7. The molecule has 4 rings (SSSR count). The van der Waals surface area contributed by atoms with E-state index in [0.717, 1.165) is 40.9 Å². The topological polar surface area (TPSA) is 75.0 Å². The van der Waals surface area contributed by atoms with E-state index in [2.05, 4.69) is 9.88 Å². The fourth-order valence-electron chi connectivity index (χ4n) is 5.11. The van der Waals surface area contributed by atoms with Crippen LogP contribution in [0.1, 0.15) is 42.9 Å². The van der Waals surface area contributed by atoms with Gasteiger partial charge in [-0.25, -0.2) is 8.78 Å². The lowest BCUT2D eigenvalue weighted by Gasteiger charge is -2.41. The summed E-state index contributed by atoms with van der Waals surface area (Å²) >= 11 is 0. The van der Waals surface area contributed by atoms with Crippen molar-refractivity contribution in [3.8, 4) is 11.5 Å². The van der Waals surface area contributed by atoms with Gasteiger partial charge >= 0.3 is 0 Å². The van der Waals surface area contributed by atoms with E-state index in [1.165, 1.54) is 0 Å². The molecular weight excluding hydrogens is 485 g/mol. The quantitative estimate of drug-likeness (QED) is 0.371. The van der Waals surface area contributed by atoms with Crippen LogP contribution < -0.4 is 9.47 Å². The molecule has 1 saturated heterocycles. The number of nitrogens with zero attached hydrogens (tertiary/aromatic N) is 2. The zero-order valence-corrected chi connectivity index (χ0v) is 21.1. The number of ether oxygens (including phenoxy) is 2. The summed E-state index contributed by atoms with van der Waals surface area (Å²) in [7, 11) is 1.60. The molecule has 37 heavy (non-hydrogen) atoms. The number of halogens is 3. The van der Waals surface area contributed by atoms with Crippen LogP contribution in [0.5, 0.6) is 11.5 Å². The molecule has 0 saturated carbocycles. The minimum atomic E-state index is -1.28. The largest absolute Gasteiger partial charge is 0.497 e. The van der Waals surface area contributed by atoms with Crippen LogP contribution in [0.3, 0.4) is 0 Å². The van der Waals surface area contributed by atoms with E-state index in [1.807, 2.05) is 25.1 Å². The zero-order chi connectivity index (χ0) is 26.6. The van der Waals surface area contributed by atoms with Gasteiger partial charge in [-0.05, 0) is 80.4 Å². The van der Waals surface area contributed by atoms with Gasteiger partial charge in [0.1, 0.15) is 18.2 Å². The summed E-state index contributed by atoms with van der Waals surface area (Å²) in [5.41, 5.74) is 2.20. The van der Waals surface area contributed by atoms with E-state index >= 15 is 0 Å². The highest BCUT2D eigenvalue weighted by Gasteiger charge is 2.34. The van der Waals surface area contributed by atoms with Gasteiger partial charge in [-0.1, -0.05) is 0 Å². The van der Waals surface area contributed by atoms with Crippen molar-refractivity contribution in [2.75, 3.05) is 40.0 Å². The average molecular weight is 519 g/mol. The summed E-state index contributed by atoms with van der Waals surface area (Å²) in [4.78, 5) is 6.58. The van der Waals surface area contributed by atoms with Gasteiger partial charge in [-0.2, -0.15) is 4.39 Å².